The van der Waals surface area contributed by atoms with Gasteiger partial charge in [0.25, 0.3) is 0 Å². The molecule has 3 heterocycles. The van der Waals surface area contributed by atoms with Crippen LogP contribution in [-0.2, 0) is 28.5 Å². The third-order valence-electron chi connectivity index (χ3n) is 14.3. The number of ketones is 1. The van der Waals surface area contributed by atoms with Gasteiger partial charge in [-0.2, -0.15) is 0 Å². The van der Waals surface area contributed by atoms with Gasteiger partial charge in [-0.25, -0.2) is 0 Å². The number of benzene rings is 1. The predicted molar refractivity (Wildman–Crippen MR) is 291 cm³/mol. The van der Waals surface area contributed by atoms with Crippen molar-refractivity contribution in [1.29, 1.82) is 0 Å². The van der Waals surface area contributed by atoms with Crippen LogP contribution in [0.3, 0.4) is 0 Å². The Bertz CT molecular complexity index is 2240. The minimum absolute atomic E-state index is 0.120. The Kier molecular flexibility index (Phi) is 28.0. The highest BCUT2D eigenvalue weighted by atomic mass is 16.7. The highest BCUT2D eigenvalue weighted by Crippen LogP contribution is 2.38. The summed E-state index contributed by atoms with van der Waals surface area (Å²) < 4.78 is 23.7. The van der Waals surface area contributed by atoms with Crippen LogP contribution >= 0.6 is 0 Å². The Balaban J connectivity index is 1.54. The molecule has 2 bridgehead atoms. The lowest BCUT2D eigenvalue weighted by atomic mass is 9.82. The van der Waals surface area contributed by atoms with E-state index in [-0.39, 0.29) is 62.6 Å². The minimum atomic E-state index is -2.33. The fourth-order valence-electron chi connectivity index (χ4n) is 10.0. The number of nitrogen functional groups attached to an aromatic ring is 1. The third-order valence-corrected chi connectivity index (χ3v) is 14.3. The second-order valence-electron chi connectivity index (χ2n) is 21.4. The number of ether oxygens (including phenoxy) is 4. The zero-order valence-electron chi connectivity index (χ0n) is 45.2. The van der Waals surface area contributed by atoms with Gasteiger partial charge >= 0.3 is 11.9 Å². The molecule has 21 heteroatoms. The number of carboxylic acids is 1. The van der Waals surface area contributed by atoms with E-state index in [0.29, 0.717) is 17.7 Å². The molecule has 0 aromatic heterocycles. The van der Waals surface area contributed by atoms with Gasteiger partial charge < -0.3 is 91.7 Å². The highest BCUT2D eigenvalue weighted by molar-refractivity contribution is 5.96. The molecule has 0 amide bonds. The van der Waals surface area contributed by atoms with Gasteiger partial charge in [0.2, 0.25) is 0 Å². The number of allylic oxidation sites excluding steroid dienone is 12. The number of cyclic esters (lactones) is 1. The van der Waals surface area contributed by atoms with Crippen molar-refractivity contribution < 1.29 is 94.6 Å². The Morgan fingerprint density at radius 3 is 1.75 bits per heavy atom. The summed E-state index contributed by atoms with van der Waals surface area (Å²) in [4.78, 5) is 38.7. The van der Waals surface area contributed by atoms with Crippen molar-refractivity contribution in [2.75, 3.05) is 5.73 Å². The molecule has 1 aromatic rings. The molecule has 16 N–H and O–H groups in total. The molecule has 2 saturated heterocycles. The molecule has 0 radical (unpaired) electrons. The molecule has 3 aliphatic rings. The smallest absolute Gasteiger partial charge is 0.311 e. The van der Waals surface area contributed by atoms with Crippen molar-refractivity contribution in [2.45, 2.75) is 201 Å². The number of esters is 1. The first-order chi connectivity index (χ1) is 37.3. The van der Waals surface area contributed by atoms with Crippen LogP contribution in [0.1, 0.15) is 108 Å². The fraction of sp³-hybridized carbons (Fsp3) is 0.603. The number of anilines is 1. The average Bonchev–Trinajstić information content (AvgIpc) is 3.35. The second kappa shape index (κ2) is 33.2. The van der Waals surface area contributed by atoms with Crippen LogP contribution in [0.5, 0.6) is 0 Å². The minimum Gasteiger partial charge on any atom is -0.481 e. The number of aliphatic hydroxyl groups excluding tert-OH is 10. The van der Waals surface area contributed by atoms with E-state index in [1.165, 1.54) is 13.0 Å². The van der Waals surface area contributed by atoms with Crippen molar-refractivity contribution in [3.05, 3.63) is 115 Å². The number of aliphatic carboxylic acids is 1. The molecule has 442 valence electrons. The van der Waals surface area contributed by atoms with E-state index in [1.54, 1.807) is 97.2 Å². The van der Waals surface area contributed by atoms with Crippen LogP contribution in [0.25, 0.3) is 0 Å². The van der Waals surface area contributed by atoms with Gasteiger partial charge in [-0.1, -0.05) is 98.9 Å². The average molecular weight is 1120 g/mol. The zero-order valence-corrected chi connectivity index (χ0v) is 45.2. The number of carbonyl (C=O) groups is 3. The van der Waals surface area contributed by atoms with Crippen LogP contribution < -0.4 is 11.5 Å². The number of aliphatic hydroxyl groups is 11. The Labute approximate surface area is 462 Å². The molecular weight excluding hydrogens is 1030 g/mol. The monoisotopic (exact) mass is 1110 g/mol. The molecule has 0 aliphatic carbocycles. The second-order valence-corrected chi connectivity index (χ2v) is 21.4. The van der Waals surface area contributed by atoms with Gasteiger partial charge in [0.1, 0.15) is 18.1 Å². The Morgan fingerprint density at radius 1 is 0.696 bits per heavy atom. The van der Waals surface area contributed by atoms with E-state index >= 15 is 0 Å². The Morgan fingerprint density at radius 2 is 1.20 bits per heavy atom. The first-order valence-corrected chi connectivity index (χ1v) is 27.1. The number of carboxylic acid groups (broad SMARTS) is 1. The number of nitrogens with two attached hydrogens (primary N) is 2. The lowest BCUT2D eigenvalue weighted by molar-refractivity contribution is -0.308. The van der Waals surface area contributed by atoms with Gasteiger partial charge in [0.05, 0.1) is 85.7 Å². The molecule has 0 saturated carbocycles. The number of Topliss-reactive ketones (excluding diaryl/α,β-unsaturated/α-hetero) is 1. The van der Waals surface area contributed by atoms with E-state index in [1.807, 2.05) is 19.9 Å². The fourth-order valence-corrected chi connectivity index (χ4v) is 10.0. The van der Waals surface area contributed by atoms with Crippen molar-refractivity contribution in [3.63, 3.8) is 0 Å². The van der Waals surface area contributed by atoms with Crippen LogP contribution in [0, 0.1) is 17.8 Å². The van der Waals surface area contributed by atoms with Crippen LogP contribution in [-0.4, -0.2) is 183 Å². The van der Waals surface area contributed by atoms with Gasteiger partial charge in [0.15, 0.2) is 17.9 Å². The predicted octanol–water partition coefficient (Wildman–Crippen LogP) is 2.08. The summed E-state index contributed by atoms with van der Waals surface area (Å²) in [7, 11) is 0. The van der Waals surface area contributed by atoms with E-state index in [4.69, 9.17) is 30.4 Å². The van der Waals surface area contributed by atoms with Crippen molar-refractivity contribution in [2.24, 2.45) is 23.5 Å². The summed E-state index contributed by atoms with van der Waals surface area (Å²) in [6.45, 7) is 5.23. The third kappa shape index (κ3) is 23.3. The SMILES string of the molecule is CC1/C=C/C=C/C=C/C=C/C=C/C=C/C=C/C(O[C@@H]2O[C@H](C)[C@@H](O)[C@H](N)[C@@H]2O)CC2OC(O)(CC(O)CC(O)CC(O)CC(O)CC(O)CC(O)CC(=O)OC1C(C)CCC(O)CC(=O)c1ccc(N)cc1)CC(O)C2C(=O)O. The molecular formula is C58H86N2O19. The first-order valence-electron chi connectivity index (χ1n) is 27.1. The summed E-state index contributed by atoms with van der Waals surface area (Å²) in [5, 5.41) is 130. The maximum absolute atomic E-state index is 13.3. The van der Waals surface area contributed by atoms with Crippen LogP contribution in [0.15, 0.2) is 109 Å². The van der Waals surface area contributed by atoms with Crippen molar-refractivity contribution in [1.82, 2.24) is 0 Å². The summed E-state index contributed by atoms with van der Waals surface area (Å²) in [6.07, 6.45) is 1.42. The molecule has 15 unspecified atom stereocenters. The molecule has 79 heavy (non-hydrogen) atoms. The number of rotatable bonds is 10. The molecule has 3 aliphatic heterocycles. The number of carbonyl (C=O) groups excluding carboxylic acids is 2. The normalized spacial score (nSPS) is 39.3. The summed E-state index contributed by atoms with van der Waals surface area (Å²) in [5.74, 6) is -7.07. The van der Waals surface area contributed by atoms with Crippen molar-refractivity contribution in [3.8, 4) is 0 Å². The molecule has 1 aromatic carbocycles. The van der Waals surface area contributed by atoms with Crippen LogP contribution in [0.2, 0.25) is 0 Å². The lowest BCUT2D eigenvalue weighted by Crippen LogP contribution is -2.61. The lowest BCUT2D eigenvalue weighted by Gasteiger charge is -2.45. The van der Waals surface area contributed by atoms with E-state index in [2.05, 4.69) is 0 Å². The molecule has 0 spiro atoms. The number of hydrogen-bond donors (Lipinski definition) is 14. The summed E-state index contributed by atoms with van der Waals surface area (Å²) >= 11 is 0. The van der Waals surface area contributed by atoms with Gasteiger partial charge in [0, 0.05) is 42.9 Å². The number of fused-ring (bicyclic) bond motifs is 2. The quantitative estimate of drug-likeness (QED) is 0.0906. The Hall–Kier alpha value is -4.79. The maximum Gasteiger partial charge on any atom is 0.311 e. The van der Waals surface area contributed by atoms with Crippen LogP contribution in [0.4, 0.5) is 5.69 Å². The standard InChI is InChI=1S/C58H86N2O19/c1-34-16-14-12-10-8-6-4-5-7-9-11-13-15-17-46(77-57-54(72)52(60)53(71)36(3)76-57)31-49-51(56(73)74)48(69)33-58(75,79-49)32-45(67)28-43(65)26-41(63)24-40(62)25-42(64)27-44(66)30-50(70)78-55(34)35(2)18-23-39(61)29-47(68)37-19-21-38(59)22-20-37/h4-17,19-22,34-36,39-46,48-49,51-55,57,61-67,69,71-72,75H,18,23-33,59-60H2,1-3H3,(H,73,74)/b5-4+,8-6+,9-7+,12-10+,13-11+,16-14+,17-15+/t34?,35?,36-,39?,40?,41?,42?,43?,44?,45?,46?,48?,49?,51?,52+,53-,54+,55?,57+,58?/m1/s1. The first kappa shape index (κ1) is 66.7. The van der Waals surface area contributed by atoms with Gasteiger partial charge in [-0.3, -0.25) is 14.4 Å². The summed E-state index contributed by atoms with van der Waals surface area (Å²) in [6, 6.07) is 5.24. The van der Waals surface area contributed by atoms with E-state index in [0.717, 1.165) is 0 Å². The van der Waals surface area contributed by atoms with Gasteiger partial charge in [-0.05, 0) is 82.1 Å². The van der Waals surface area contributed by atoms with Crippen molar-refractivity contribution >= 4 is 23.4 Å². The summed E-state index contributed by atoms with van der Waals surface area (Å²) in [5.41, 5.74) is 12.7. The highest BCUT2D eigenvalue weighted by Gasteiger charge is 2.51. The molecule has 21 nitrogen and oxygen atoms in total. The molecule has 4 rings (SSSR count). The van der Waals surface area contributed by atoms with E-state index in [9.17, 15) is 75.7 Å². The molecule has 20 atom stereocenters. The topological polar surface area (TPSA) is 383 Å². The largest absolute Gasteiger partial charge is 0.481 e. The van der Waals surface area contributed by atoms with Gasteiger partial charge in [-0.15, -0.1) is 0 Å². The molecule has 2 fully saturated rings. The number of hydrogen-bond acceptors (Lipinski definition) is 20. The maximum atomic E-state index is 13.3. The zero-order chi connectivity index (χ0) is 58.4. The van der Waals surface area contributed by atoms with E-state index < -0.39 is 147 Å².